The van der Waals surface area contributed by atoms with E-state index in [1.165, 1.54) is 9.80 Å². The average Bonchev–Trinajstić information content (AvgIpc) is 3.74. The molecule has 0 radical (unpaired) electrons. The molecule has 2 saturated heterocycles. The van der Waals surface area contributed by atoms with Gasteiger partial charge < -0.3 is 0 Å². The van der Waals surface area contributed by atoms with Crippen molar-refractivity contribution in [3.05, 3.63) is 59.7 Å². The number of fused-ring (bicyclic) bond motifs is 10. The molecular weight excluding hydrogens is 464 g/mol. The molecule has 8 atom stereocenters. The Hall–Kier alpha value is -3.28. The van der Waals surface area contributed by atoms with Gasteiger partial charge in [0.1, 0.15) is 0 Å². The zero-order valence-electron chi connectivity index (χ0n) is 20.7. The first-order valence-electron chi connectivity index (χ1n) is 13.9. The highest BCUT2D eigenvalue weighted by Gasteiger charge is 2.62. The van der Waals surface area contributed by atoms with E-state index in [4.69, 9.17) is 0 Å². The molecule has 6 fully saturated rings. The Bertz CT molecular complexity index is 1190. The minimum atomic E-state index is -0.103. The SMILES string of the molecule is O=C1C2C3CCC(C3)C2C(=O)N1c1ccc(Cc2ccc(N3C(=O)C4C5CCC(C5)C4C3=O)cc2)cc1. The van der Waals surface area contributed by atoms with Crippen LogP contribution < -0.4 is 9.80 Å². The fraction of sp³-hybridized carbons (Fsp3) is 0.484. The first-order valence-corrected chi connectivity index (χ1v) is 13.9. The van der Waals surface area contributed by atoms with Crippen LogP contribution >= 0.6 is 0 Å². The summed E-state index contributed by atoms with van der Waals surface area (Å²) < 4.78 is 0. The number of carbonyl (C=O) groups excluding carboxylic acids is 4. The zero-order valence-corrected chi connectivity index (χ0v) is 20.7. The molecule has 4 saturated carbocycles. The van der Waals surface area contributed by atoms with Gasteiger partial charge >= 0.3 is 0 Å². The topological polar surface area (TPSA) is 74.8 Å². The van der Waals surface area contributed by atoms with Crippen molar-refractivity contribution < 1.29 is 19.2 Å². The maximum atomic E-state index is 13.1. The van der Waals surface area contributed by atoms with E-state index >= 15 is 0 Å². The van der Waals surface area contributed by atoms with Crippen LogP contribution in [0.4, 0.5) is 11.4 Å². The number of anilines is 2. The van der Waals surface area contributed by atoms with Gasteiger partial charge in [-0.15, -0.1) is 0 Å². The van der Waals surface area contributed by atoms with Crippen molar-refractivity contribution in [1.29, 1.82) is 0 Å². The van der Waals surface area contributed by atoms with Gasteiger partial charge in [-0.05, 0) is 104 Å². The van der Waals surface area contributed by atoms with E-state index in [0.29, 0.717) is 41.5 Å². The molecule has 37 heavy (non-hydrogen) atoms. The van der Waals surface area contributed by atoms with Crippen LogP contribution in [0.2, 0.25) is 0 Å². The van der Waals surface area contributed by atoms with Crippen molar-refractivity contribution in [3.63, 3.8) is 0 Å². The molecule has 6 nitrogen and oxygen atoms in total. The van der Waals surface area contributed by atoms with Gasteiger partial charge in [0.15, 0.2) is 0 Å². The molecule has 6 aliphatic rings. The predicted molar refractivity (Wildman–Crippen MR) is 136 cm³/mol. The highest BCUT2D eigenvalue weighted by molar-refractivity contribution is 6.23. The molecule has 0 aromatic heterocycles. The fourth-order valence-electron chi connectivity index (χ4n) is 9.09. The summed E-state index contributed by atoms with van der Waals surface area (Å²) in [7, 11) is 0. The molecule has 8 unspecified atom stereocenters. The number of rotatable bonds is 4. The number of hydrogen-bond acceptors (Lipinski definition) is 4. The number of imide groups is 2. The normalized spacial score (nSPS) is 37.3. The summed E-state index contributed by atoms with van der Waals surface area (Å²) in [5.74, 6) is 1.12. The van der Waals surface area contributed by atoms with Crippen LogP contribution in [-0.4, -0.2) is 23.6 Å². The summed E-state index contributed by atoms with van der Waals surface area (Å²) >= 11 is 0. The van der Waals surface area contributed by atoms with Crippen molar-refractivity contribution in [2.45, 2.75) is 44.9 Å². The molecular formula is C31H30N2O4. The first kappa shape index (κ1) is 21.8. The summed E-state index contributed by atoms with van der Waals surface area (Å²) in [6.07, 6.45) is 7.10. The first-order chi connectivity index (χ1) is 18.0. The van der Waals surface area contributed by atoms with Gasteiger partial charge in [-0.3, -0.25) is 29.0 Å². The maximum absolute atomic E-state index is 13.1. The third-order valence-electron chi connectivity index (χ3n) is 10.7. The monoisotopic (exact) mass is 494 g/mol. The molecule has 4 bridgehead atoms. The average molecular weight is 495 g/mol. The van der Waals surface area contributed by atoms with E-state index in [0.717, 1.165) is 49.7 Å². The Kier molecular flexibility index (Phi) is 4.49. The summed E-state index contributed by atoms with van der Waals surface area (Å²) in [5.41, 5.74) is 3.51. The molecule has 188 valence electrons. The molecule has 2 aromatic rings. The predicted octanol–water partition coefficient (Wildman–Crippen LogP) is 4.35. The third kappa shape index (κ3) is 2.93. The van der Waals surface area contributed by atoms with Gasteiger partial charge in [-0.25, -0.2) is 0 Å². The second kappa shape index (κ2) is 7.62. The lowest BCUT2D eigenvalue weighted by Crippen LogP contribution is -2.32. The van der Waals surface area contributed by atoms with Gasteiger partial charge in [0.25, 0.3) is 0 Å². The van der Waals surface area contributed by atoms with E-state index in [2.05, 4.69) is 0 Å². The Morgan fingerprint density at radius 2 is 0.784 bits per heavy atom. The minimum Gasteiger partial charge on any atom is -0.274 e. The van der Waals surface area contributed by atoms with Gasteiger partial charge in [0.05, 0.1) is 35.0 Å². The summed E-state index contributed by atoms with van der Waals surface area (Å²) in [5, 5.41) is 0. The zero-order chi connectivity index (χ0) is 25.0. The van der Waals surface area contributed by atoms with Crippen LogP contribution in [0, 0.1) is 47.3 Å². The number of hydrogen-bond donors (Lipinski definition) is 0. The lowest BCUT2D eigenvalue weighted by Gasteiger charge is -2.19. The second-order valence-electron chi connectivity index (χ2n) is 12.3. The van der Waals surface area contributed by atoms with Gasteiger partial charge in [0.2, 0.25) is 23.6 Å². The Morgan fingerprint density at radius 3 is 1.08 bits per heavy atom. The van der Waals surface area contributed by atoms with E-state index in [-0.39, 0.29) is 47.3 Å². The van der Waals surface area contributed by atoms with Gasteiger partial charge in [-0.1, -0.05) is 24.3 Å². The summed E-state index contributed by atoms with van der Waals surface area (Å²) in [6.45, 7) is 0. The quantitative estimate of drug-likeness (QED) is 0.593. The van der Waals surface area contributed by atoms with E-state index in [1.807, 2.05) is 48.5 Å². The van der Waals surface area contributed by atoms with E-state index < -0.39 is 0 Å². The molecule has 4 amide bonds. The highest BCUT2D eigenvalue weighted by atomic mass is 16.2. The second-order valence-corrected chi connectivity index (χ2v) is 12.3. The Morgan fingerprint density at radius 1 is 0.486 bits per heavy atom. The van der Waals surface area contributed by atoms with E-state index in [9.17, 15) is 19.2 Å². The van der Waals surface area contributed by atoms with Crippen LogP contribution in [0.25, 0.3) is 0 Å². The van der Waals surface area contributed by atoms with Gasteiger partial charge in [0, 0.05) is 0 Å². The fourth-order valence-corrected chi connectivity index (χ4v) is 9.09. The molecule has 8 rings (SSSR count). The molecule has 0 N–H and O–H groups in total. The van der Waals surface area contributed by atoms with Crippen LogP contribution in [0.1, 0.15) is 49.7 Å². The van der Waals surface area contributed by atoms with Crippen molar-refractivity contribution in [1.82, 2.24) is 0 Å². The smallest absolute Gasteiger partial charge is 0.237 e. The highest BCUT2D eigenvalue weighted by Crippen LogP contribution is 2.57. The maximum Gasteiger partial charge on any atom is 0.237 e. The number of nitrogens with zero attached hydrogens (tertiary/aromatic N) is 2. The van der Waals surface area contributed by atoms with Crippen LogP contribution in [0.5, 0.6) is 0 Å². The molecule has 6 heteroatoms. The summed E-state index contributed by atoms with van der Waals surface area (Å²) in [6, 6.07) is 15.5. The molecule has 2 aliphatic heterocycles. The Balaban J connectivity index is 0.972. The van der Waals surface area contributed by atoms with Crippen LogP contribution in [0.3, 0.4) is 0 Å². The Labute approximate surface area is 216 Å². The lowest BCUT2D eigenvalue weighted by atomic mass is 9.81. The van der Waals surface area contributed by atoms with Crippen LogP contribution in [-0.2, 0) is 25.6 Å². The molecule has 2 aromatic carbocycles. The molecule has 4 aliphatic carbocycles. The largest absolute Gasteiger partial charge is 0.274 e. The summed E-state index contributed by atoms with van der Waals surface area (Å²) in [4.78, 5) is 55.3. The van der Waals surface area contributed by atoms with Crippen molar-refractivity contribution in [2.24, 2.45) is 47.3 Å². The van der Waals surface area contributed by atoms with E-state index in [1.54, 1.807) is 0 Å². The number of benzene rings is 2. The minimum absolute atomic E-state index is 0.00584. The van der Waals surface area contributed by atoms with Crippen molar-refractivity contribution in [2.75, 3.05) is 9.80 Å². The van der Waals surface area contributed by atoms with Crippen molar-refractivity contribution in [3.8, 4) is 0 Å². The third-order valence-corrected chi connectivity index (χ3v) is 10.7. The van der Waals surface area contributed by atoms with Gasteiger partial charge in [-0.2, -0.15) is 0 Å². The molecule has 2 heterocycles. The molecule has 0 spiro atoms. The van der Waals surface area contributed by atoms with Crippen molar-refractivity contribution >= 4 is 35.0 Å². The number of amides is 4. The number of carbonyl (C=O) groups is 4. The van der Waals surface area contributed by atoms with Crippen LogP contribution in [0.15, 0.2) is 48.5 Å². The standard InChI is InChI=1S/C31H30N2O4/c34-28-24-18-5-6-19(14-18)25(24)29(35)32(28)22-9-1-16(2-10-22)13-17-3-11-23(12-4-17)33-30(36)26-20-7-8-21(15-20)27(26)31(33)37/h1-4,9-12,18-21,24-27H,5-8,13-15H2. The lowest BCUT2D eigenvalue weighted by molar-refractivity contribution is -0.124.